The summed E-state index contributed by atoms with van der Waals surface area (Å²) in [5.41, 5.74) is 15.6. The van der Waals surface area contributed by atoms with Gasteiger partial charge in [0.2, 0.25) is 0 Å². The van der Waals surface area contributed by atoms with Gasteiger partial charge in [-0.25, -0.2) is 9.98 Å². The average molecular weight is 742 g/mol. The maximum atomic E-state index is 5.15. The SMILES string of the molecule is CC1(C)c2cc(-c3cccc(-c4ccc(C5N=C(c6ccccc6)NC(C6C=CC=CC6)=N5)cc4)c3)ccc2C2=CC3C(CC21)c1ccccc1C31CCCCC1. The molecule has 0 bridgehead atoms. The van der Waals surface area contributed by atoms with Crippen molar-refractivity contribution in [3.63, 3.8) is 0 Å². The van der Waals surface area contributed by atoms with Crippen LogP contribution in [0.25, 0.3) is 27.8 Å². The lowest BCUT2D eigenvalue weighted by Crippen LogP contribution is -2.39. The Hall–Kier alpha value is -5.54. The highest BCUT2D eigenvalue weighted by Gasteiger charge is 2.56. The smallest absolute Gasteiger partial charge is 0.169 e. The molecule has 1 saturated carbocycles. The molecule has 5 atom stereocenters. The van der Waals surface area contributed by atoms with E-state index in [4.69, 9.17) is 9.98 Å². The van der Waals surface area contributed by atoms with Crippen molar-refractivity contribution in [3.8, 4) is 22.3 Å². The van der Waals surface area contributed by atoms with Crippen LogP contribution in [0.1, 0.15) is 104 Å². The molecular formula is C54H51N3. The summed E-state index contributed by atoms with van der Waals surface area (Å²) in [5.74, 6) is 3.87. The number of allylic oxidation sites excluding steroid dienone is 5. The number of amidine groups is 2. The Morgan fingerprint density at radius 3 is 2.19 bits per heavy atom. The number of aliphatic imine (C=N–C) groups is 2. The lowest BCUT2D eigenvalue weighted by molar-refractivity contribution is 0.201. The minimum atomic E-state index is -0.299. The summed E-state index contributed by atoms with van der Waals surface area (Å²) in [6.07, 6.45) is 20.2. The molecule has 3 nitrogen and oxygen atoms in total. The Labute approximate surface area is 338 Å². The van der Waals surface area contributed by atoms with Gasteiger partial charge in [0.1, 0.15) is 11.7 Å². The van der Waals surface area contributed by atoms with Gasteiger partial charge in [0.15, 0.2) is 6.17 Å². The van der Waals surface area contributed by atoms with Gasteiger partial charge in [-0.3, -0.25) is 0 Å². The molecule has 282 valence electrons. The van der Waals surface area contributed by atoms with Crippen LogP contribution in [0.4, 0.5) is 0 Å². The summed E-state index contributed by atoms with van der Waals surface area (Å²) < 4.78 is 0. The van der Waals surface area contributed by atoms with E-state index < -0.39 is 0 Å². The second-order valence-electron chi connectivity index (χ2n) is 18.0. The fraction of sp³-hybridized carbons (Fsp3) is 0.296. The standard InChI is InChI=1S/C54H51N3/c1-53(2)47-32-41(27-28-43(47)44-34-49-45(33-48(44)53)42-21-10-11-22-46(42)54(49)29-12-5-13-30-54)40-20-14-19-39(31-40)35-23-25-38(26-24-35)52-56-50(36-15-6-3-7-16-36)55-51(57-52)37-17-8-4-9-18-37/h3-4,6-11,14-17,19-28,31-32,34,37,45,48-49,52H,5,12-13,18,29-30,33H2,1-2H3,(H,55,56,57). The number of hydrogen-bond donors (Lipinski definition) is 1. The third kappa shape index (κ3) is 5.68. The minimum absolute atomic E-state index is 0.0800. The minimum Gasteiger partial charge on any atom is -0.328 e. The second kappa shape index (κ2) is 13.5. The van der Waals surface area contributed by atoms with Crippen molar-refractivity contribution in [2.75, 3.05) is 0 Å². The highest BCUT2D eigenvalue weighted by molar-refractivity contribution is 6.11. The molecule has 0 aromatic heterocycles. The molecule has 5 aliphatic carbocycles. The van der Waals surface area contributed by atoms with Gasteiger partial charge in [0.05, 0.1) is 0 Å². The number of hydrogen-bond acceptors (Lipinski definition) is 3. The first-order chi connectivity index (χ1) is 28.0. The third-order valence-corrected chi connectivity index (χ3v) is 14.7. The van der Waals surface area contributed by atoms with Crippen molar-refractivity contribution >= 4 is 17.2 Å². The highest BCUT2D eigenvalue weighted by Crippen LogP contribution is 2.66. The number of nitrogens with zero attached hydrogens (tertiary/aromatic N) is 2. The Kier molecular flexibility index (Phi) is 8.24. The van der Waals surface area contributed by atoms with Crippen molar-refractivity contribution in [3.05, 3.63) is 185 Å². The van der Waals surface area contributed by atoms with E-state index in [1.807, 2.05) is 6.07 Å². The summed E-state index contributed by atoms with van der Waals surface area (Å²) in [5, 5.41) is 3.57. The van der Waals surface area contributed by atoms with Crippen molar-refractivity contribution in [2.24, 2.45) is 27.7 Å². The summed E-state index contributed by atoms with van der Waals surface area (Å²) in [4.78, 5) is 10.3. The number of rotatable bonds is 5. The van der Waals surface area contributed by atoms with Crippen molar-refractivity contribution < 1.29 is 0 Å². The van der Waals surface area contributed by atoms with Gasteiger partial charge in [-0.1, -0.05) is 173 Å². The topological polar surface area (TPSA) is 36.8 Å². The third-order valence-electron chi connectivity index (χ3n) is 14.7. The number of fused-ring (bicyclic) bond motifs is 8. The highest BCUT2D eigenvalue weighted by atomic mass is 15.2. The second-order valence-corrected chi connectivity index (χ2v) is 18.0. The van der Waals surface area contributed by atoms with E-state index in [0.717, 1.165) is 29.2 Å². The van der Waals surface area contributed by atoms with Crippen LogP contribution in [0, 0.1) is 17.8 Å². The maximum absolute atomic E-state index is 5.15. The van der Waals surface area contributed by atoms with E-state index >= 15 is 0 Å². The predicted octanol–water partition coefficient (Wildman–Crippen LogP) is 12.9. The largest absolute Gasteiger partial charge is 0.328 e. The average Bonchev–Trinajstić information content (AvgIpc) is 3.66. The number of nitrogens with one attached hydrogen (secondary N) is 1. The summed E-state index contributed by atoms with van der Waals surface area (Å²) >= 11 is 0. The van der Waals surface area contributed by atoms with Gasteiger partial charge in [-0.15, -0.1) is 0 Å². The zero-order valence-corrected chi connectivity index (χ0v) is 33.2. The van der Waals surface area contributed by atoms with E-state index in [1.54, 1.807) is 16.7 Å². The molecule has 0 saturated heterocycles. The van der Waals surface area contributed by atoms with E-state index in [1.165, 1.54) is 71.9 Å². The van der Waals surface area contributed by atoms with Gasteiger partial charge in [-0.05, 0) is 117 Å². The molecule has 3 heteroatoms. The molecule has 1 aliphatic heterocycles. The van der Waals surface area contributed by atoms with Crippen LogP contribution in [0.15, 0.2) is 162 Å². The molecule has 0 radical (unpaired) electrons. The molecule has 0 amide bonds. The fourth-order valence-corrected chi connectivity index (χ4v) is 11.8. The first-order valence-electron chi connectivity index (χ1n) is 21.4. The van der Waals surface area contributed by atoms with Gasteiger partial charge < -0.3 is 5.32 Å². The summed E-state index contributed by atoms with van der Waals surface area (Å²) in [6.45, 7) is 5.03. The van der Waals surface area contributed by atoms with E-state index in [0.29, 0.717) is 23.2 Å². The van der Waals surface area contributed by atoms with Crippen LogP contribution in [-0.4, -0.2) is 11.7 Å². The van der Waals surface area contributed by atoms with Crippen molar-refractivity contribution in [1.29, 1.82) is 0 Å². The molecule has 11 rings (SSSR count). The maximum Gasteiger partial charge on any atom is 0.169 e. The van der Waals surface area contributed by atoms with Crippen molar-refractivity contribution in [1.82, 2.24) is 5.32 Å². The molecule has 1 fully saturated rings. The van der Waals surface area contributed by atoms with Crippen LogP contribution in [0.3, 0.4) is 0 Å². The van der Waals surface area contributed by atoms with Crippen LogP contribution >= 0.6 is 0 Å². The molecule has 1 heterocycles. The van der Waals surface area contributed by atoms with Crippen LogP contribution < -0.4 is 5.32 Å². The summed E-state index contributed by atoms with van der Waals surface area (Å²) in [6, 6.07) is 45.3. The van der Waals surface area contributed by atoms with Gasteiger partial charge in [0, 0.05) is 16.9 Å². The Morgan fingerprint density at radius 2 is 1.39 bits per heavy atom. The zero-order valence-electron chi connectivity index (χ0n) is 33.2. The Bertz CT molecular complexity index is 2520. The monoisotopic (exact) mass is 741 g/mol. The lowest BCUT2D eigenvalue weighted by atomic mass is 9.59. The molecule has 1 N–H and O–H groups in total. The molecule has 57 heavy (non-hydrogen) atoms. The Morgan fingerprint density at radius 1 is 0.649 bits per heavy atom. The lowest BCUT2D eigenvalue weighted by Gasteiger charge is -2.44. The van der Waals surface area contributed by atoms with Gasteiger partial charge in [-0.2, -0.15) is 0 Å². The van der Waals surface area contributed by atoms with E-state index in [2.05, 4.69) is 165 Å². The molecular weight excluding hydrogens is 691 g/mol. The summed E-state index contributed by atoms with van der Waals surface area (Å²) in [7, 11) is 0. The quantitative estimate of drug-likeness (QED) is 0.191. The van der Waals surface area contributed by atoms with Crippen LogP contribution in [-0.2, 0) is 10.8 Å². The zero-order chi connectivity index (χ0) is 38.1. The molecule has 5 aromatic carbocycles. The van der Waals surface area contributed by atoms with Gasteiger partial charge >= 0.3 is 0 Å². The molecule has 5 aromatic rings. The van der Waals surface area contributed by atoms with Crippen LogP contribution in [0.5, 0.6) is 0 Å². The van der Waals surface area contributed by atoms with Crippen molar-refractivity contribution in [2.45, 2.75) is 81.7 Å². The molecule has 1 spiro atoms. The van der Waals surface area contributed by atoms with E-state index in [-0.39, 0.29) is 17.5 Å². The predicted molar refractivity (Wildman–Crippen MR) is 237 cm³/mol. The molecule has 6 aliphatic rings. The van der Waals surface area contributed by atoms with E-state index in [9.17, 15) is 0 Å². The first-order valence-corrected chi connectivity index (χ1v) is 21.4. The van der Waals surface area contributed by atoms with Gasteiger partial charge in [0.25, 0.3) is 0 Å². The fourth-order valence-electron chi connectivity index (χ4n) is 11.8. The first kappa shape index (κ1) is 34.7. The Balaban J connectivity index is 0.891. The molecule has 5 unspecified atom stereocenters. The number of benzene rings is 5. The normalized spacial score (nSPS) is 26.0. The van der Waals surface area contributed by atoms with Crippen LogP contribution in [0.2, 0.25) is 0 Å².